The molecule has 0 spiro atoms. The van der Waals surface area contributed by atoms with E-state index in [1.807, 2.05) is 60.7 Å². The Morgan fingerprint density at radius 3 is 2.52 bits per heavy atom. The van der Waals surface area contributed by atoms with Crippen molar-refractivity contribution in [3.05, 3.63) is 108 Å². The summed E-state index contributed by atoms with van der Waals surface area (Å²) in [5, 5.41) is 23.0. The molecule has 0 saturated heterocycles. The van der Waals surface area contributed by atoms with Crippen molar-refractivity contribution >= 4 is 39.6 Å². The molecule has 2 amide bonds. The maximum absolute atomic E-state index is 13.9. The molecule has 2 N–H and O–H groups in total. The fraction of sp³-hybridized carbons (Fsp3) is 0.212. The summed E-state index contributed by atoms with van der Waals surface area (Å²) in [4.78, 5) is 30.7. The summed E-state index contributed by atoms with van der Waals surface area (Å²) in [6.07, 6.45) is 3.97. The lowest BCUT2D eigenvalue weighted by Gasteiger charge is -2.28. The molecule has 0 radical (unpaired) electrons. The second-order valence-electron chi connectivity index (χ2n) is 10.3. The maximum atomic E-state index is 13.9. The highest BCUT2D eigenvalue weighted by atomic mass is 16.5. The van der Waals surface area contributed by atoms with Gasteiger partial charge in [0.1, 0.15) is 5.75 Å². The first kappa shape index (κ1) is 25.8. The summed E-state index contributed by atoms with van der Waals surface area (Å²) in [5.41, 5.74) is 2.32. The van der Waals surface area contributed by atoms with Crippen LogP contribution >= 0.6 is 0 Å². The molecule has 2 atom stereocenters. The number of nitrogens with zero attached hydrogens (tertiary/aromatic N) is 2. The number of carbonyl (C=O) groups is 2. The molecule has 40 heavy (non-hydrogen) atoms. The molecule has 0 bridgehead atoms. The molecule has 2 aliphatic rings. The van der Waals surface area contributed by atoms with Crippen LogP contribution in [0.15, 0.2) is 91.0 Å². The third-order valence-electron chi connectivity index (χ3n) is 7.92. The quantitative estimate of drug-likeness (QED) is 0.294. The average Bonchev–Trinajstić information content (AvgIpc) is 3.38. The Balaban J connectivity index is 1.36. The Morgan fingerprint density at radius 2 is 1.75 bits per heavy atom. The Labute approximate surface area is 232 Å². The van der Waals surface area contributed by atoms with Gasteiger partial charge in [-0.1, -0.05) is 55.5 Å². The van der Waals surface area contributed by atoms with Crippen LogP contribution in [0.4, 0.5) is 17.1 Å². The van der Waals surface area contributed by atoms with Gasteiger partial charge in [-0.3, -0.25) is 14.5 Å². The van der Waals surface area contributed by atoms with Crippen LogP contribution in [-0.2, 0) is 16.9 Å². The van der Waals surface area contributed by atoms with E-state index in [-0.39, 0.29) is 19.1 Å². The Hall–Kier alpha value is -4.46. The first-order valence-corrected chi connectivity index (χ1v) is 13.3. The van der Waals surface area contributed by atoms with Crippen LogP contribution in [0, 0.1) is 5.92 Å². The summed E-state index contributed by atoms with van der Waals surface area (Å²) < 4.78 is 5.40. The molecule has 0 fully saturated rings. The van der Waals surface area contributed by atoms with E-state index in [0.29, 0.717) is 34.7 Å². The summed E-state index contributed by atoms with van der Waals surface area (Å²) >= 11 is 0. The molecular formula is C33H30N2O5. The van der Waals surface area contributed by atoms with Gasteiger partial charge in [-0.05, 0) is 59.8 Å². The van der Waals surface area contributed by atoms with Gasteiger partial charge in [-0.15, -0.1) is 0 Å². The lowest BCUT2D eigenvalue weighted by atomic mass is 9.83. The van der Waals surface area contributed by atoms with Crippen LogP contribution in [0.25, 0.3) is 10.8 Å². The number of benzene rings is 4. The second kappa shape index (κ2) is 9.93. The summed E-state index contributed by atoms with van der Waals surface area (Å²) in [7, 11) is 1.55. The Bertz CT molecular complexity index is 1670. The number of aliphatic hydroxyl groups is 2. The van der Waals surface area contributed by atoms with E-state index in [0.717, 1.165) is 22.0 Å². The van der Waals surface area contributed by atoms with Gasteiger partial charge in [0.25, 0.3) is 11.8 Å². The van der Waals surface area contributed by atoms with Gasteiger partial charge in [0.05, 0.1) is 30.6 Å². The van der Waals surface area contributed by atoms with Crippen molar-refractivity contribution in [3.8, 4) is 5.75 Å². The van der Waals surface area contributed by atoms with Gasteiger partial charge in [0.15, 0.2) is 5.60 Å². The highest BCUT2D eigenvalue weighted by molar-refractivity contribution is 6.27. The molecule has 4 aromatic carbocycles. The third kappa shape index (κ3) is 3.89. The van der Waals surface area contributed by atoms with Crippen molar-refractivity contribution in [2.24, 2.45) is 5.92 Å². The van der Waals surface area contributed by atoms with Crippen molar-refractivity contribution in [2.45, 2.75) is 25.5 Å². The number of hydrogen-bond acceptors (Lipinski definition) is 5. The molecule has 2 heterocycles. The van der Waals surface area contributed by atoms with E-state index in [4.69, 9.17) is 4.74 Å². The number of methoxy groups -OCH3 is 1. The smallest absolute Gasteiger partial charge is 0.264 e. The zero-order valence-corrected chi connectivity index (χ0v) is 22.4. The van der Waals surface area contributed by atoms with Crippen LogP contribution in [0.2, 0.25) is 0 Å². The van der Waals surface area contributed by atoms with E-state index in [1.54, 1.807) is 54.2 Å². The van der Waals surface area contributed by atoms with Gasteiger partial charge >= 0.3 is 0 Å². The minimum Gasteiger partial charge on any atom is -0.497 e. The largest absolute Gasteiger partial charge is 0.497 e. The molecular weight excluding hydrogens is 504 g/mol. The normalized spacial score (nSPS) is 18.7. The van der Waals surface area contributed by atoms with Crippen LogP contribution < -0.4 is 14.5 Å². The van der Waals surface area contributed by atoms with Gasteiger partial charge < -0.3 is 19.8 Å². The fourth-order valence-electron chi connectivity index (χ4n) is 5.87. The van der Waals surface area contributed by atoms with Crippen molar-refractivity contribution in [1.29, 1.82) is 0 Å². The zero-order chi connectivity index (χ0) is 28.0. The van der Waals surface area contributed by atoms with E-state index >= 15 is 0 Å². The molecule has 0 aromatic heterocycles. The SMILES string of the molecule is COc1ccc2c(c1)[C@@](O)([C@H](C)/C=C/CCO)C(=O)N2Cc1cccc(N2C(=O)c3cccc4cccc2c34)c1. The van der Waals surface area contributed by atoms with E-state index in [2.05, 4.69) is 0 Å². The lowest BCUT2D eigenvalue weighted by molar-refractivity contribution is -0.139. The highest BCUT2D eigenvalue weighted by Gasteiger charge is 2.52. The van der Waals surface area contributed by atoms with Crippen molar-refractivity contribution < 1.29 is 24.5 Å². The molecule has 6 rings (SSSR count). The predicted octanol–water partition coefficient (Wildman–Crippen LogP) is 5.45. The number of amides is 2. The molecule has 202 valence electrons. The number of fused-ring (bicyclic) bond motifs is 1. The van der Waals surface area contributed by atoms with Crippen molar-refractivity contribution in [2.75, 3.05) is 23.5 Å². The maximum Gasteiger partial charge on any atom is 0.264 e. The molecule has 0 unspecified atom stereocenters. The standard InChI is InChI=1S/C33H30N2O5/c1-21(8-3-4-17-36)33(39)27-19-25(40-2)15-16-28(27)34(32(33)38)20-22-9-5-12-24(18-22)35-29-14-7-11-23-10-6-13-26(30(23)29)31(35)37/h3,5-16,18-19,21,36,39H,4,17,20H2,1-2H3/b8-3+/t21-,33+/m1/s1. The second-order valence-corrected chi connectivity index (χ2v) is 10.3. The first-order valence-electron chi connectivity index (χ1n) is 13.3. The van der Waals surface area contributed by atoms with Crippen LogP contribution in [-0.4, -0.2) is 35.7 Å². The number of carbonyl (C=O) groups excluding carboxylic acids is 2. The number of anilines is 3. The van der Waals surface area contributed by atoms with Gasteiger partial charge in [-0.2, -0.15) is 0 Å². The zero-order valence-electron chi connectivity index (χ0n) is 22.4. The Morgan fingerprint density at radius 1 is 0.975 bits per heavy atom. The molecule has 2 aliphatic heterocycles. The number of aliphatic hydroxyl groups excluding tert-OH is 1. The fourth-order valence-corrected chi connectivity index (χ4v) is 5.87. The van der Waals surface area contributed by atoms with Crippen LogP contribution in [0.5, 0.6) is 5.75 Å². The molecule has 7 heteroatoms. The van der Waals surface area contributed by atoms with E-state index in [9.17, 15) is 19.8 Å². The molecule has 4 aromatic rings. The average molecular weight is 535 g/mol. The number of hydrogen-bond donors (Lipinski definition) is 2. The van der Waals surface area contributed by atoms with Crippen molar-refractivity contribution in [1.82, 2.24) is 0 Å². The molecule has 0 aliphatic carbocycles. The Kier molecular flexibility index (Phi) is 6.41. The summed E-state index contributed by atoms with van der Waals surface area (Å²) in [6, 6.07) is 24.5. The van der Waals surface area contributed by atoms with E-state index in [1.165, 1.54) is 0 Å². The third-order valence-corrected chi connectivity index (χ3v) is 7.92. The van der Waals surface area contributed by atoms with Gasteiger partial charge in [0.2, 0.25) is 0 Å². The minimum absolute atomic E-state index is 0.0123. The van der Waals surface area contributed by atoms with Crippen LogP contribution in [0.1, 0.15) is 34.8 Å². The van der Waals surface area contributed by atoms with Crippen molar-refractivity contribution in [3.63, 3.8) is 0 Å². The number of ether oxygens (including phenoxy) is 1. The molecule has 7 nitrogen and oxygen atoms in total. The van der Waals surface area contributed by atoms with Gasteiger partial charge in [0, 0.05) is 29.2 Å². The summed E-state index contributed by atoms with van der Waals surface area (Å²) in [5.74, 6) is -0.523. The van der Waals surface area contributed by atoms with Crippen LogP contribution in [0.3, 0.4) is 0 Å². The minimum atomic E-state index is -1.80. The predicted molar refractivity (Wildman–Crippen MR) is 155 cm³/mol. The monoisotopic (exact) mass is 534 g/mol. The highest BCUT2D eigenvalue weighted by Crippen LogP contribution is 2.47. The number of rotatable bonds is 8. The lowest BCUT2D eigenvalue weighted by Crippen LogP contribution is -2.44. The van der Waals surface area contributed by atoms with E-state index < -0.39 is 17.4 Å². The van der Waals surface area contributed by atoms with Gasteiger partial charge in [-0.25, -0.2) is 0 Å². The molecule has 0 saturated carbocycles. The topological polar surface area (TPSA) is 90.3 Å². The first-order chi connectivity index (χ1) is 19.4. The summed E-state index contributed by atoms with van der Waals surface area (Å²) in [6.45, 7) is 1.98.